The van der Waals surface area contributed by atoms with Crippen molar-refractivity contribution in [2.45, 2.75) is 39.0 Å². The summed E-state index contributed by atoms with van der Waals surface area (Å²) in [5.41, 5.74) is 9.19. The third kappa shape index (κ3) is 1.78. The molecule has 0 saturated heterocycles. The minimum Gasteiger partial charge on any atom is -0.330 e. The van der Waals surface area contributed by atoms with Gasteiger partial charge in [-0.2, -0.15) is 0 Å². The van der Waals surface area contributed by atoms with Crippen molar-refractivity contribution in [2.24, 2.45) is 17.6 Å². The lowest BCUT2D eigenvalue weighted by Gasteiger charge is -2.50. The maximum absolute atomic E-state index is 6.03. The topological polar surface area (TPSA) is 26.0 Å². The van der Waals surface area contributed by atoms with Crippen molar-refractivity contribution in [3.8, 4) is 0 Å². The van der Waals surface area contributed by atoms with Crippen LogP contribution in [0, 0.1) is 18.8 Å². The minimum absolute atomic E-state index is 0.278. The van der Waals surface area contributed by atoms with Gasteiger partial charge in [-0.3, -0.25) is 0 Å². The van der Waals surface area contributed by atoms with E-state index in [0.29, 0.717) is 0 Å². The summed E-state index contributed by atoms with van der Waals surface area (Å²) in [6.45, 7) is 7.64. The molecular weight excluding hydrogens is 194 g/mol. The van der Waals surface area contributed by atoms with Gasteiger partial charge in [0, 0.05) is 12.0 Å². The van der Waals surface area contributed by atoms with Crippen molar-refractivity contribution in [1.82, 2.24) is 0 Å². The Morgan fingerprint density at radius 3 is 2.44 bits per heavy atom. The maximum Gasteiger partial charge on any atom is 0.00836 e. The molecule has 1 aromatic rings. The van der Waals surface area contributed by atoms with Gasteiger partial charge in [-0.25, -0.2) is 0 Å². The van der Waals surface area contributed by atoms with E-state index in [1.54, 1.807) is 0 Å². The lowest BCUT2D eigenvalue weighted by Crippen LogP contribution is -2.49. The second kappa shape index (κ2) is 4.21. The lowest BCUT2D eigenvalue weighted by molar-refractivity contribution is 0.105. The molecule has 0 bridgehead atoms. The van der Waals surface area contributed by atoms with Gasteiger partial charge in [0.05, 0.1) is 0 Å². The summed E-state index contributed by atoms with van der Waals surface area (Å²) in [4.78, 5) is 0. The summed E-state index contributed by atoms with van der Waals surface area (Å²) >= 11 is 0. The summed E-state index contributed by atoms with van der Waals surface area (Å²) in [6, 6.07) is 8.72. The van der Waals surface area contributed by atoms with Gasteiger partial charge in [0.1, 0.15) is 0 Å². The maximum atomic E-state index is 6.03. The van der Waals surface area contributed by atoms with Gasteiger partial charge >= 0.3 is 0 Å². The van der Waals surface area contributed by atoms with E-state index in [2.05, 4.69) is 45.0 Å². The first-order valence-electron chi connectivity index (χ1n) is 6.35. The summed E-state index contributed by atoms with van der Waals surface area (Å²) in [6.07, 6.45) is 2.54. The van der Waals surface area contributed by atoms with E-state index in [4.69, 9.17) is 5.73 Å². The predicted molar refractivity (Wildman–Crippen MR) is 69.5 cm³/mol. The van der Waals surface area contributed by atoms with E-state index < -0.39 is 0 Å². The van der Waals surface area contributed by atoms with Gasteiger partial charge in [0.2, 0.25) is 0 Å². The van der Waals surface area contributed by atoms with Crippen molar-refractivity contribution >= 4 is 0 Å². The van der Waals surface area contributed by atoms with E-state index in [1.165, 1.54) is 24.0 Å². The third-order valence-corrected chi connectivity index (χ3v) is 4.36. The number of nitrogens with two attached hydrogens (primary N) is 1. The molecular formula is C15H23N. The minimum atomic E-state index is 0.278. The first-order chi connectivity index (χ1) is 7.59. The molecule has 0 amide bonds. The average Bonchev–Trinajstić information content (AvgIpc) is 2.19. The van der Waals surface area contributed by atoms with Gasteiger partial charge in [-0.05, 0) is 42.7 Å². The molecule has 0 aromatic heterocycles. The fourth-order valence-electron chi connectivity index (χ4n) is 3.08. The van der Waals surface area contributed by atoms with Crippen LogP contribution < -0.4 is 5.73 Å². The number of hydrogen-bond acceptors (Lipinski definition) is 1. The number of rotatable bonds is 3. The third-order valence-electron chi connectivity index (χ3n) is 4.36. The number of hydrogen-bond donors (Lipinski definition) is 1. The Morgan fingerprint density at radius 2 is 1.94 bits per heavy atom. The van der Waals surface area contributed by atoms with Gasteiger partial charge < -0.3 is 5.73 Å². The molecule has 0 spiro atoms. The molecule has 2 rings (SSSR count). The zero-order chi connectivity index (χ0) is 11.8. The molecule has 1 fully saturated rings. The second-order valence-electron chi connectivity index (χ2n) is 5.71. The van der Waals surface area contributed by atoms with E-state index >= 15 is 0 Å². The highest BCUT2D eigenvalue weighted by Gasteiger charge is 2.45. The van der Waals surface area contributed by atoms with Crippen LogP contribution in [0.15, 0.2) is 24.3 Å². The molecule has 88 valence electrons. The molecule has 16 heavy (non-hydrogen) atoms. The molecule has 0 unspecified atom stereocenters. The van der Waals surface area contributed by atoms with Crippen LogP contribution in [-0.4, -0.2) is 6.54 Å². The van der Waals surface area contributed by atoms with Crippen LogP contribution in [0.5, 0.6) is 0 Å². The van der Waals surface area contributed by atoms with Gasteiger partial charge in [-0.15, -0.1) is 0 Å². The second-order valence-corrected chi connectivity index (χ2v) is 5.71. The summed E-state index contributed by atoms with van der Waals surface area (Å²) in [5.74, 6) is 1.66. The first-order valence-corrected chi connectivity index (χ1v) is 6.35. The molecule has 0 radical (unpaired) electrons. The Labute approximate surface area is 99.0 Å². The predicted octanol–water partition coefficient (Wildman–Crippen LogP) is 3.26. The Bertz CT molecular complexity index is 361. The summed E-state index contributed by atoms with van der Waals surface area (Å²) in [7, 11) is 0. The zero-order valence-electron chi connectivity index (χ0n) is 10.7. The Kier molecular flexibility index (Phi) is 3.07. The van der Waals surface area contributed by atoms with E-state index in [-0.39, 0.29) is 5.41 Å². The smallest absolute Gasteiger partial charge is 0.00836 e. The molecule has 1 saturated carbocycles. The van der Waals surface area contributed by atoms with E-state index in [1.807, 2.05) is 0 Å². The van der Waals surface area contributed by atoms with E-state index in [9.17, 15) is 0 Å². The first kappa shape index (κ1) is 11.7. The highest BCUT2D eigenvalue weighted by Crippen LogP contribution is 2.50. The summed E-state index contributed by atoms with van der Waals surface area (Å²) in [5, 5.41) is 0. The van der Waals surface area contributed by atoms with Crippen LogP contribution in [0.3, 0.4) is 0 Å². The fraction of sp³-hybridized carbons (Fsp3) is 0.600. The van der Waals surface area contributed by atoms with Crippen LogP contribution >= 0.6 is 0 Å². The van der Waals surface area contributed by atoms with Crippen molar-refractivity contribution in [1.29, 1.82) is 0 Å². The molecule has 1 aliphatic carbocycles. The van der Waals surface area contributed by atoms with Crippen LogP contribution in [-0.2, 0) is 5.41 Å². The Balaban J connectivity index is 2.23. The molecule has 1 heteroatoms. The van der Waals surface area contributed by atoms with Gasteiger partial charge in [0.25, 0.3) is 0 Å². The molecule has 1 aliphatic rings. The molecule has 1 nitrogen and oxygen atoms in total. The summed E-state index contributed by atoms with van der Waals surface area (Å²) < 4.78 is 0. The van der Waals surface area contributed by atoms with Gasteiger partial charge in [-0.1, -0.05) is 38.1 Å². The van der Waals surface area contributed by atoms with E-state index in [0.717, 1.165) is 18.4 Å². The molecule has 0 atom stereocenters. The monoisotopic (exact) mass is 217 g/mol. The quantitative estimate of drug-likeness (QED) is 0.826. The van der Waals surface area contributed by atoms with Gasteiger partial charge in [0.15, 0.2) is 0 Å². The average molecular weight is 217 g/mol. The molecule has 2 N–H and O–H groups in total. The largest absolute Gasteiger partial charge is 0.330 e. The van der Waals surface area contributed by atoms with Crippen molar-refractivity contribution in [3.05, 3.63) is 35.4 Å². The highest BCUT2D eigenvalue weighted by atomic mass is 14.6. The number of benzene rings is 1. The molecule has 0 heterocycles. The standard InChI is InChI=1S/C15H23N/c1-11(2)13-8-15(9-13,10-16)14-7-5-4-6-12(14)3/h4-7,11,13H,8-10,16H2,1-3H3. The lowest BCUT2D eigenvalue weighted by atomic mass is 9.55. The molecule has 0 aliphatic heterocycles. The van der Waals surface area contributed by atoms with Crippen LogP contribution in [0.1, 0.15) is 37.8 Å². The SMILES string of the molecule is Cc1ccccc1C1(CN)CC(C(C)C)C1. The van der Waals surface area contributed by atoms with Crippen molar-refractivity contribution in [2.75, 3.05) is 6.54 Å². The van der Waals surface area contributed by atoms with Crippen LogP contribution in [0.4, 0.5) is 0 Å². The van der Waals surface area contributed by atoms with Crippen LogP contribution in [0.25, 0.3) is 0 Å². The van der Waals surface area contributed by atoms with Crippen LogP contribution in [0.2, 0.25) is 0 Å². The highest BCUT2D eigenvalue weighted by molar-refractivity contribution is 5.36. The fourth-order valence-corrected chi connectivity index (χ4v) is 3.08. The van der Waals surface area contributed by atoms with Crippen molar-refractivity contribution < 1.29 is 0 Å². The zero-order valence-corrected chi connectivity index (χ0v) is 10.7. The Morgan fingerprint density at radius 1 is 1.31 bits per heavy atom. The van der Waals surface area contributed by atoms with Crippen molar-refractivity contribution in [3.63, 3.8) is 0 Å². The molecule has 1 aromatic carbocycles. The number of aryl methyl sites for hydroxylation is 1. The Hall–Kier alpha value is -0.820. The normalized spacial score (nSPS) is 29.2.